The Labute approximate surface area is 113 Å². The molecule has 1 aliphatic carbocycles. The molecule has 4 atom stereocenters. The molecular formula is C14H21NO4. The van der Waals surface area contributed by atoms with Crippen molar-refractivity contribution in [1.82, 2.24) is 0 Å². The molecule has 1 aliphatic heterocycles. The Balaban J connectivity index is 2.09. The van der Waals surface area contributed by atoms with E-state index in [0.29, 0.717) is 17.7 Å². The molecule has 0 amide bonds. The quantitative estimate of drug-likeness (QED) is 0.595. The van der Waals surface area contributed by atoms with Crippen molar-refractivity contribution >= 4 is 11.8 Å². The van der Waals surface area contributed by atoms with E-state index in [9.17, 15) is 14.8 Å². The van der Waals surface area contributed by atoms with Gasteiger partial charge in [0.05, 0.1) is 18.6 Å². The molecule has 2 aliphatic rings. The highest BCUT2D eigenvalue weighted by Gasteiger charge is 2.64. The van der Waals surface area contributed by atoms with Gasteiger partial charge in [0.25, 0.3) is 0 Å². The first-order valence-corrected chi connectivity index (χ1v) is 6.57. The van der Waals surface area contributed by atoms with Gasteiger partial charge in [-0.05, 0) is 18.3 Å². The van der Waals surface area contributed by atoms with Crippen molar-refractivity contribution in [1.29, 1.82) is 0 Å². The Kier molecular flexibility index (Phi) is 3.31. The van der Waals surface area contributed by atoms with Gasteiger partial charge in [0.1, 0.15) is 5.70 Å². The highest BCUT2D eigenvalue weighted by Crippen LogP contribution is 2.60. The molecule has 2 rings (SSSR count). The second-order valence-electron chi connectivity index (χ2n) is 6.20. The predicted molar refractivity (Wildman–Crippen MR) is 68.9 cm³/mol. The summed E-state index contributed by atoms with van der Waals surface area (Å²) in [5.74, 6) is -0.459. The van der Waals surface area contributed by atoms with E-state index >= 15 is 0 Å². The molecule has 1 fully saturated rings. The van der Waals surface area contributed by atoms with Gasteiger partial charge in [0.2, 0.25) is 5.78 Å². The van der Waals surface area contributed by atoms with Gasteiger partial charge in [-0.3, -0.25) is 9.59 Å². The van der Waals surface area contributed by atoms with E-state index in [-0.39, 0.29) is 34.1 Å². The summed E-state index contributed by atoms with van der Waals surface area (Å²) in [6.07, 6.45) is 0.457. The number of methoxy groups -OCH3 is 1. The van der Waals surface area contributed by atoms with Gasteiger partial charge in [0, 0.05) is 13.3 Å². The number of carbonyl (C=O) groups excluding carboxylic acids is 2. The fourth-order valence-corrected chi connectivity index (χ4v) is 3.26. The zero-order valence-electron chi connectivity index (χ0n) is 12.1. The maximum atomic E-state index is 12.1. The third-order valence-electron chi connectivity index (χ3n) is 4.93. The summed E-state index contributed by atoms with van der Waals surface area (Å²) in [4.78, 5) is 23.7. The summed E-state index contributed by atoms with van der Waals surface area (Å²) in [6.45, 7) is 7.36. The minimum absolute atomic E-state index is 0.0524. The average Bonchev–Trinajstić information content (AvgIpc) is 2.86. The molecule has 0 aromatic carbocycles. The Morgan fingerprint density at radius 3 is 2.42 bits per heavy atom. The Hall–Kier alpha value is -1.20. The molecule has 106 valence electrons. The van der Waals surface area contributed by atoms with Crippen LogP contribution in [0, 0.1) is 22.5 Å². The standard InChI is InChI=1S/C14H21NO4/c1-7-8(2)15(18)10(12(7)16)6-9-11(13(17)19-5)14(9,3)4/h9-11,15H,6H2,1-5H3. The van der Waals surface area contributed by atoms with Gasteiger partial charge in [-0.25, -0.2) is 0 Å². The Bertz CT molecular complexity index is 466. The molecule has 5 heteroatoms. The lowest BCUT2D eigenvalue weighted by Gasteiger charge is -2.24. The van der Waals surface area contributed by atoms with E-state index < -0.39 is 6.04 Å². The van der Waals surface area contributed by atoms with E-state index in [4.69, 9.17) is 4.74 Å². The molecule has 19 heavy (non-hydrogen) atoms. The van der Waals surface area contributed by atoms with E-state index in [1.807, 2.05) is 13.8 Å². The zero-order chi connectivity index (χ0) is 14.5. The van der Waals surface area contributed by atoms with Gasteiger partial charge >= 0.3 is 5.97 Å². The van der Waals surface area contributed by atoms with Crippen LogP contribution >= 0.6 is 0 Å². The summed E-state index contributed by atoms with van der Waals surface area (Å²) in [6, 6.07) is -0.584. The van der Waals surface area contributed by atoms with Crippen LogP contribution in [0.25, 0.3) is 0 Å². The summed E-state index contributed by atoms with van der Waals surface area (Å²) in [5, 5.41) is 12.0. The highest BCUT2D eigenvalue weighted by atomic mass is 16.5. The SMILES string of the molecule is COC(=O)C1C(CC2C(=O)C(C)=C(C)[NH+]2[O-])C1(C)C. The second kappa shape index (κ2) is 4.42. The lowest BCUT2D eigenvalue weighted by molar-refractivity contribution is -0.820. The van der Waals surface area contributed by atoms with Crippen molar-refractivity contribution in [3.05, 3.63) is 16.5 Å². The van der Waals surface area contributed by atoms with Crippen molar-refractivity contribution < 1.29 is 19.4 Å². The number of hydroxylamine groups is 2. The molecule has 0 aromatic rings. The van der Waals surface area contributed by atoms with E-state index in [1.165, 1.54) is 7.11 Å². The Morgan fingerprint density at radius 1 is 1.42 bits per heavy atom. The van der Waals surface area contributed by atoms with Crippen LogP contribution in [0.15, 0.2) is 11.3 Å². The first kappa shape index (κ1) is 14.2. The van der Waals surface area contributed by atoms with Gasteiger partial charge in [-0.15, -0.1) is 0 Å². The van der Waals surface area contributed by atoms with Gasteiger partial charge in [-0.2, -0.15) is 0 Å². The first-order valence-electron chi connectivity index (χ1n) is 6.57. The number of nitrogens with one attached hydrogen (secondary N) is 1. The molecule has 0 aromatic heterocycles. The molecule has 0 bridgehead atoms. The summed E-state index contributed by atoms with van der Waals surface area (Å²) < 4.78 is 4.78. The molecule has 0 spiro atoms. The van der Waals surface area contributed by atoms with Crippen LogP contribution in [0.5, 0.6) is 0 Å². The molecule has 0 saturated heterocycles. The number of rotatable bonds is 3. The van der Waals surface area contributed by atoms with Gasteiger partial charge in [-0.1, -0.05) is 13.8 Å². The van der Waals surface area contributed by atoms with Crippen LogP contribution in [-0.2, 0) is 14.3 Å². The van der Waals surface area contributed by atoms with E-state index in [1.54, 1.807) is 13.8 Å². The van der Waals surface area contributed by atoms with Crippen LogP contribution in [0.3, 0.4) is 0 Å². The fraction of sp³-hybridized carbons (Fsp3) is 0.714. The van der Waals surface area contributed by atoms with Crippen molar-refractivity contribution in [3.63, 3.8) is 0 Å². The third kappa shape index (κ3) is 2.01. The van der Waals surface area contributed by atoms with Crippen molar-refractivity contribution in [2.45, 2.75) is 40.2 Å². The minimum atomic E-state index is -0.584. The number of quaternary nitrogens is 1. The summed E-state index contributed by atoms with van der Waals surface area (Å²) >= 11 is 0. The maximum Gasteiger partial charge on any atom is 0.309 e. The first-order chi connectivity index (χ1) is 8.73. The van der Waals surface area contributed by atoms with Crippen LogP contribution < -0.4 is 5.06 Å². The fourth-order valence-electron chi connectivity index (χ4n) is 3.26. The smallest absolute Gasteiger partial charge is 0.309 e. The van der Waals surface area contributed by atoms with Crippen molar-refractivity contribution in [2.24, 2.45) is 17.3 Å². The number of hydrogen-bond acceptors (Lipinski definition) is 4. The van der Waals surface area contributed by atoms with Crippen LogP contribution in [0.1, 0.15) is 34.1 Å². The lowest BCUT2D eigenvalue weighted by atomic mass is 10.00. The maximum absolute atomic E-state index is 12.1. The van der Waals surface area contributed by atoms with Crippen LogP contribution in [0.2, 0.25) is 0 Å². The molecule has 1 heterocycles. The molecule has 4 unspecified atom stereocenters. The molecule has 5 nitrogen and oxygen atoms in total. The summed E-state index contributed by atoms with van der Waals surface area (Å²) in [5.41, 5.74) is 0.962. The lowest BCUT2D eigenvalue weighted by Crippen LogP contribution is -3.08. The van der Waals surface area contributed by atoms with E-state index in [2.05, 4.69) is 0 Å². The van der Waals surface area contributed by atoms with Crippen molar-refractivity contribution in [2.75, 3.05) is 7.11 Å². The third-order valence-corrected chi connectivity index (χ3v) is 4.93. The highest BCUT2D eigenvalue weighted by molar-refractivity contribution is 6.00. The number of carbonyl (C=O) groups is 2. The van der Waals surface area contributed by atoms with Crippen molar-refractivity contribution in [3.8, 4) is 0 Å². The van der Waals surface area contributed by atoms with E-state index in [0.717, 1.165) is 0 Å². The summed E-state index contributed by atoms with van der Waals surface area (Å²) in [7, 11) is 1.37. The molecule has 1 saturated carbocycles. The Morgan fingerprint density at radius 2 is 2.00 bits per heavy atom. The molecule has 1 N–H and O–H groups in total. The monoisotopic (exact) mass is 267 g/mol. The number of esters is 1. The number of Topliss-reactive ketones (excluding diaryl/α,β-unsaturated/α-hetero) is 1. The average molecular weight is 267 g/mol. The number of hydrogen-bond donors (Lipinski definition) is 1. The van der Waals surface area contributed by atoms with Crippen LogP contribution in [-0.4, -0.2) is 24.9 Å². The number of ketones is 1. The van der Waals surface area contributed by atoms with Crippen LogP contribution in [0.4, 0.5) is 0 Å². The topological polar surface area (TPSA) is 70.9 Å². The molecular weight excluding hydrogens is 246 g/mol. The largest absolute Gasteiger partial charge is 0.629 e. The van der Waals surface area contributed by atoms with Gasteiger partial charge in [0.15, 0.2) is 6.04 Å². The normalized spacial score (nSPS) is 36.6. The number of allylic oxidation sites excluding steroid dienone is 1. The number of ether oxygens (including phenoxy) is 1. The predicted octanol–water partition coefficient (Wildman–Crippen LogP) is 0.450. The molecule has 0 radical (unpaired) electrons. The van der Waals surface area contributed by atoms with Gasteiger partial charge < -0.3 is 15.0 Å². The second-order valence-corrected chi connectivity index (χ2v) is 6.20. The zero-order valence-corrected chi connectivity index (χ0v) is 12.1. The minimum Gasteiger partial charge on any atom is -0.629 e.